The second-order valence-corrected chi connectivity index (χ2v) is 9.47. The van der Waals surface area contributed by atoms with Crippen LogP contribution in [0.1, 0.15) is 41.6 Å². The van der Waals surface area contributed by atoms with Crippen LogP contribution in [0, 0.1) is 5.92 Å². The first-order valence-corrected chi connectivity index (χ1v) is 12.0. The Morgan fingerprint density at radius 3 is 2.56 bits per heavy atom. The molecule has 2 aromatic carbocycles. The third-order valence-corrected chi connectivity index (χ3v) is 7.23. The SMILES string of the molecule is O=C(c1cccc(Nc2ncccn2)c1)N1C2CCC1CC(Cc1ccc3ccncc3c1)C2. The van der Waals surface area contributed by atoms with E-state index in [1.165, 1.54) is 16.3 Å². The van der Waals surface area contributed by atoms with Crippen molar-refractivity contribution in [3.8, 4) is 0 Å². The first-order valence-electron chi connectivity index (χ1n) is 12.0. The molecule has 2 aromatic heterocycles. The number of hydrogen-bond donors (Lipinski definition) is 1. The summed E-state index contributed by atoms with van der Waals surface area (Å²) in [6.45, 7) is 0. The van der Waals surface area contributed by atoms with Crippen LogP contribution in [0.25, 0.3) is 10.8 Å². The Morgan fingerprint density at radius 2 is 1.74 bits per heavy atom. The summed E-state index contributed by atoms with van der Waals surface area (Å²) in [4.78, 5) is 28.4. The van der Waals surface area contributed by atoms with Gasteiger partial charge in [-0.05, 0) is 85.4 Å². The van der Waals surface area contributed by atoms with E-state index in [-0.39, 0.29) is 5.91 Å². The molecule has 2 bridgehead atoms. The van der Waals surface area contributed by atoms with Crippen molar-refractivity contribution in [2.45, 2.75) is 44.2 Å². The minimum atomic E-state index is 0.139. The van der Waals surface area contributed by atoms with Crippen molar-refractivity contribution in [3.63, 3.8) is 0 Å². The van der Waals surface area contributed by atoms with Gasteiger partial charge in [-0.3, -0.25) is 9.78 Å². The topological polar surface area (TPSA) is 71.0 Å². The average molecular weight is 450 g/mol. The van der Waals surface area contributed by atoms with E-state index in [9.17, 15) is 4.79 Å². The molecular weight excluding hydrogens is 422 g/mol. The molecule has 6 heteroatoms. The van der Waals surface area contributed by atoms with Crippen molar-refractivity contribution >= 4 is 28.3 Å². The smallest absolute Gasteiger partial charge is 0.254 e. The zero-order valence-corrected chi connectivity index (χ0v) is 19.0. The summed E-state index contributed by atoms with van der Waals surface area (Å²) in [5.41, 5.74) is 2.91. The number of rotatable bonds is 5. The molecule has 2 fully saturated rings. The van der Waals surface area contributed by atoms with Gasteiger partial charge < -0.3 is 10.2 Å². The van der Waals surface area contributed by atoms with E-state index in [0.717, 1.165) is 43.4 Å². The number of nitrogens with zero attached hydrogens (tertiary/aromatic N) is 4. The zero-order chi connectivity index (χ0) is 22.9. The number of hydrogen-bond acceptors (Lipinski definition) is 5. The Labute approximate surface area is 199 Å². The second kappa shape index (κ2) is 8.86. The van der Waals surface area contributed by atoms with Gasteiger partial charge in [-0.2, -0.15) is 0 Å². The van der Waals surface area contributed by atoms with Crippen LogP contribution >= 0.6 is 0 Å². The number of carbonyl (C=O) groups excluding carboxylic acids is 1. The van der Waals surface area contributed by atoms with Crippen LogP contribution in [-0.4, -0.2) is 37.8 Å². The molecule has 170 valence electrons. The molecule has 0 radical (unpaired) electrons. The highest BCUT2D eigenvalue weighted by Gasteiger charge is 2.43. The summed E-state index contributed by atoms with van der Waals surface area (Å²) in [6.07, 6.45) is 12.6. The van der Waals surface area contributed by atoms with Crippen LogP contribution in [0.2, 0.25) is 0 Å². The summed E-state index contributed by atoms with van der Waals surface area (Å²) < 4.78 is 0. The standard InChI is InChI=1S/C28H27N5O/c34-27(22-3-1-4-24(17-22)32-28-30-10-2-11-31-28)33-25-7-8-26(33)16-20(15-25)13-19-5-6-21-9-12-29-18-23(21)14-19/h1-6,9-12,14,17-18,20,25-26H,7-8,13,15-16H2,(H,30,31,32). The molecule has 1 N–H and O–H groups in total. The van der Waals surface area contributed by atoms with E-state index in [0.29, 0.717) is 23.9 Å². The van der Waals surface area contributed by atoms with Gasteiger partial charge in [-0.15, -0.1) is 0 Å². The molecule has 1 amide bonds. The fourth-order valence-electron chi connectivity index (χ4n) is 5.75. The number of carbonyl (C=O) groups is 1. The largest absolute Gasteiger partial charge is 0.333 e. The van der Waals surface area contributed by atoms with Crippen LogP contribution in [0.3, 0.4) is 0 Å². The number of benzene rings is 2. The summed E-state index contributed by atoms with van der Waals surface area (Å²) >= 11 is 0. The monoisotopic (exact) mass is 449 g/mol. The van der Waals surface area contributed by atoms with Crippen molar-refractivity contribution in [1.82, 2.24) is 19.9 Å². The third kappa shape index (κ3) is 4.12. The molecule has 4 heterocycles. The molecule has 6 nitrogen and oxygen atoms in total. The maximum Gasteiger partial charge on any atom is 0.254 e. The second-order valence-electron chi connectivity index (χ2n) is 9.47. The molecule has 2 aliphatic heterocycles. The zero-order valence-electron chi connectivity index (χ0n) is 19.0. The molecule has 2 atom stereocenters. The fraction of sp³-hybridized carbons (Fsp3) is 0.286. The molecule has 34 heavy (non-hydrogen) atoms. The lowest BCUT2D eigenvalue weighted by Crippen LogP contribution is -2.46. The van der Waals surface area contributed by atoms with E-state index < -0.39 is 0 Å². The molecule has 2 aliphatic rings. The van der Waals surface area contributed by atoms with E-state index in [1.807, 2.05) is 36.7 Å². The maximum atomic E-state index is 13.5. The fourth-order valence-corrected chi connectivity index (χ4v) is 5.75. The van der Waals surface area contributed by atoms with Gasteiger partial charge in [0.2, 0.25) is 5.95 Å². The molecule has 0 aliphatic carbocycles. The van der Waals surface area contributed by atoms with Crippen LogP contribution in [0.15, 0.2) is 79.4 Å². The molecule has 2 saturated heterocycles. The number of pyridine rings is 1. The third-order valence-electron chi connectivity index (χ3n) is 7.23. The Balaban J connectivity index is 1.15. The van der Waals surface area contributed by atoms with E-state index in [2.05, 4.69) is 49.4 Å². The number of anilines is 2. The van der Waals surface area contributed by atoms with Crippen molar-refractivity contribution in [2.75, 3.05) is 5.32 Å². The molecule has 0 spiro atoms. The van der Waals surface area contributed by atoms with Crippen LogP contribution in [-0.2, 0) is 6.42 Å². The molecule has 2 unspecified atom stereocenters. The Hall–Kier alpha value is -3.80. The first kappa shape index (κ1) is 20.8. The van der Waals surface area contributed by atoms with Gasteiger partial charge in [0, 0.05) is 53.5 Å². The highest BCUT2D eigenvalue weighted by molar-refractivity contribution is 5.96. The Kier molecular flexibility index (Phi) is 5.41. The minimum absolute atomic E-state index is 0.139. The maximum absolute atomic E-state index is 13.5. The van der Waals surface area contributed by atoms with Gasteiger partial charge in [-0.25, -0.2) is 9.97 Å². The highest BCUT2D eigenvalue weighted by Crippen LogP contribution is 2.41. The summed E-state index contributed by atoms with van der Waals surface area (Å²) in [5.74, 6) is 1.27. The summed E-state index contributed by atoms with van der Waals surface area (Å²) in [7, 11) is 0. The lowest BCUT2D eigenvalue weighted by molar-refractivity contribution is 0.0524. The molecular formula is C28H27N5O. The number of aromatic nitrogens is 3. The minimum Gasteiger partial charge on any atom is -0.333 e. The first-order chi connectivity index (χ1) is 16.7. The average Bonchev–Trinajstić information content (AvgIpc) is 3.14. The van der Waals surface area contributed by atoms with Crippen molar-refractivity contribution in [1.29, 1.82) is 0 Å². The highest BCUT2D eigenvalue weighted by atomic mass is 16.2. The van der Waals surface area contributed by atoms with E-state index >= 15 is 0 Å². The van der Waals surface area contributed by atoms with Crippen LogP contribution in [0.4, 0.5) is 11.6 Å². The quantitative estimate of drug-likeness (QED) is 0.442. The van der Waals surface area contributed by atoms with Crippen LogP contribution in [0.5, 0.6) is 0 Å². The number of amides is 1. The summed E-state index contributed by atoms with van der Waals surface area (Å²) in [5, 5.41) is 5.62. The Bertz CT molecular complexity index is 1310. The number of nitrogens with one attached hydrogen (secondary N) is 1. The van der Waals surface area contributed by atoms with Crippen LogP contribution < -0.4 is 5.32 Å². The van der Waals surface area contributed by atoms with Gasteiger partial charge >= 0.3 is 0 Å². The molecule has 0 saturated carbocycles. The van der Waals surface area contributed by atoms with E-state index in [1.54, 1.807) is 18.5 Å². The van der Waals surface area contributed by atoms with Gasteiger partial charge in [-0.1, -0.05) is 18.2 Å². The molecule has 6 rings (SSSR count). The predicted molar refractivity (Wildman–Crippen MR) is 133 cm³/mol. The predicted octanol–water partition coefficient (Wildman–Crippen LogP) is 5.39. The lowest BCUT2D eigenvalue weighted by atomic mass is 9.85. The van der Waals surface area contributed by atoms with Gasteiger partial charge in [0.15, 0.2) is 0 Å². The normalized spacial score (nSPS) is 21.5. The van der Waals surface area contributed by atoms with E-state index in [4.69, 9.17) is 0 Å². The van der Waals surface area contributed by atoms with Crippen molar-refractivity contribution in [3.05, 3.63) is 90.5 Å². The van der Waals surface area contributed by atoms with Gasteiger partial charge in [0.1, 0.15) is 0 Å². The summed E-state index contributed by atoms with van der Waals surface area (Å²) in [6, 6.07) is 18.9. The Morgan fingerprint density at radius 1 is 0.912 bits per heavy atom. The molecule has 4 aromatic rings. The van der Waals surface area contributed by atoms with Crippen molar-refractivity contribution < 1.29 is 4.79 Å². The lowest BCUT2D eigenvalue weighted by Gasteiger charge is -2.39. The number of piperidine rings is 1. The van der Waals surface area contributed by atoms with Crippen molar-refractivity contribution in [2.24, 2.45) is 5.92 Å². The van der Waals surface area contributed by atoms with Gasteiger partial charge in [0.05, 0.1) is 0 Å². The number of fused-ring (bicyclic) bond motifs is 3. The van der Waals surface area contributed by atoms with Gasteiger partial charge in [0.25, 0.3) is 5.91 Å².